The molecule has 19 heteroatoms. The standard InChI is InChI=1S/C32H32ClF3N10O5/c1-41-11-13-44(14-12-41)30(48)18-7-9-43(10-8-18)31(49)21-5-3-19(15-23(21)33)25-26(42(2)29(39-25)28(37)47)22-17-45(40-27(22)32(34,35)36)24-6-4-20(16-38-24)46(50)51/h3-6,15-18H,7-14H2,1-2H3,(H2,37,47). The SMILES string of the molecule is CN1CCN(C(=O)C2CCN(C(=O)c3ccc(-c4nc(C(N)=O)n(C)c4-c4cn(-c5ccc([N+](=O)[O-])cn5)nc4C(F)(F)F)cc3Cl)CC2)CC1. The van der Waals surface area contributed by atoms with Crippen LogP contribution in [0.3, 0.4) is 0 Å². The Morgan fingerprint density at radius 3 is 2.25 bits per heavy atom. The number of carbonyl (C=O) groups is 3. The van der Waals surface area contributed by atoms with Crippen LogP contribution in [0.25, 0.3) is 28.3 Å². The van der Waals surface area contributed by atoms with Crippen LogP contribution in [0.4, 0.5) is 18.9 Å². The predicted octanol–water partition coefficient (Wildman–Crippen LogP) is 3.64. The lowest BCUT2D eigenvalue weighted by atomic mass is 9.94. The lowest BCUT2D eigenvalue weighted by Crippen LogP contribution is -2.51. The van der Waals surface area contributed by atoms with Crippen molar-refractivity contribution in [2.24, 2.45) is 18.7 Å². The number of primary amides is 1. The van der Waals surface area contributed by atoms with Crippen LogP contribution in [-0.2, 0) is 18.0 Å². The van der Waals surface area contributed by atoms with E-state index in [1.807, 2.05) is 11.9 Å². The first kappa shape index (κ1) is 35.5. The quantitative estimate of drug-likeness (QED) is 0.220. The molecular weight excluding hydrogens is 697 g/mol. The van der Waals surface area contributed by atoms with E-state index >= 15 is 0 Å². The number of likely N-dealkylation sites (tertiary alicyclic amines) is 1. The lowest BCUT2D eigenvalue weighted by Gasteiger charge is -2.37. The Morgan fingerprint density at radius 2 is 1.69 bits per heavy atom. The summed E-state index contributed by atoms with van der Waals surface area (Å²) in [5.74, 6) is -1.97. The molecule has 0 bridgehead atoms. The molecule has 1 aromatic carbocycles. The number of alkyl halides is 3. The van der Waals surface area contributed by atoms with E-state index in [9.17, 15) is 37.7 Å². The zero-order valence-corrected chi connectivity index (χ0v) is 28.2. The van der Waals surface area contributed by atoms with E-state index in [0.717, 1.165) is 46.9 Å². The molecular formula is C32H32ClF3N10O5. The van der Waals surface area contributed by atoms with E-state index in [4.69, 9.17) is 17.3 Å². The van der Waals surface area contributed by atoms with E-state index in [1.54, 1.807) is 4.90 Å². The molecule has 0 unspecified atom stereocenters. The number of nitrogens with zero attached hydrogens (tertiary/aromatic N) is 9. The van der Waals surface area contributed by atoms with Gasteiger partial charge in [0, 0.05) is 70.1 Å². The monoisotopic (exact) mass is 728 g/mol. The smallest absolute Gasteiger partial charge is 0.363 e. The van der Waals surface area contributed by atoms with Gasteiger partial charge in [-0.1, -0.05) is 17.7 Å². The normalized spacial score (nSPS) is 16.0. The van der Waals surface area contributed by atoms with E-state index < -0.39 is 28.3 Å². The van der Waals surface area contributed by atoms with Crippen molar-refractivity contribution in [3.63, 3.8) is 0 Å². The summed E-state index contributed by atoms with van der Waals surface area (Å²) in [5.41, 5.74) is 3.35. The topological polar surface area (TPSA) is 179 Å². The van der Waals surface area contributed by atoms with Crippen molar-refractivity contribution in [2.45, 2.75) is 19.0 Å². The number of imidazole rings is 1. The highest BCUT2D eigenvalue weighted by Gasteiger charge is 2.40. The average Bonchev–Trinajstić information content (AvgIpc) is 3.70. The van der Waals surface area contributed by atoms with Crippen molar-refractivity contribution in [2.75, 3.05) is 46.3 Å². The fourth-order valence-corrected chi connectivity index (χ4v) is 6.61. The molecule has 2 saturated heterocycles. The Kier molecular flexibility index (Phi) is 9.56. The Labute approximate surface area is 293 Å². The maximum absolute atomic E-state index is 14.4. The number of likely N-dealkylation sites (N-methyl/N-ethyl adjacent to an activating group) is 1. The molecule has 3 aromatic heterocycles. The first-order valence-electron chi connectivity index (χ1n) is 15.8. The summed E-state index contributed by atoms with van der Waals surface area (Å²) in [4.78, 5) is 63.1. The number of halogens is 4. The van der Waals surface area contributed by atoms with E-state index in [2.05, 4.69) is 20.0 Å². The van der Waals surface area contributed by atoms with Crippen molar-refractivity contribution in [3.8, 4) is 28.3 Å². The van der Waals surface area contributed by atoms with Gasteiger partial charge in [0.1, 0.15) is 6.20 Å². The number of amides is 3. The summed E-state index contributed by atoms with van der Waals surface area (Å²) in [6, 6.07) is 6.45. The molecule has 15 nitrogen and oxygen atoms in total. The number of benzene rings is 1. The number of piperidine rings is 1. The van der Waals surface area contributed by atoms with Gasteiger partial charge in [0.25, 0.3) is 17.5 Å². The summed E-state index contributed by atoms with van der Waals surface area (Å²) >= 11 is 6.63. The van der Waals surface area contributed by atoms with E-state index in [0.29, 0.717) is 39.0 Å². The number of piperazine rings is 1. The van der Waals surface area contributed by atoms with Crippen molar-refractivity contribution >= 4 is 35.0 Å². The summed E-state index contributed by atoms with van der Waals surface area (Å²) < 4.78 is 45.2. The van der Waals surface area contributed by atoms with Gasteiger partial charge in [-0.25, -0.2) is 14.6 Å². The third-order valence-corrected chi connectivity index (χ3v) is 9.46. The number of hydrogen-bond acceptors (Lipinski definition) is 9. The molecule has 268 valence electrons. The van der Waals surface area contributed by atoms with Crippen molar-refractivity contribution in [1.82, 2.24) is 39.0 Å². The summed E-state index contributed by atoms with van der Waals surface area (Å²) in [6.45, 7) is 3.67. The molecule has 2 fully saturated rings. The van der Waals surface area contributed by atoms with Crippen LogP contribution in [0.2, 0.25) is 5.02 Å². The molecule has 5 heterocycles. The number of aromatic nitrogens is 5. The van der Waals surface area contributed by atoms with Gasteiger partial charge in [-0.15, -0.1) is 0 Å². The first-order valence-corrected chi connectivity index (χ1v) is 16.2. The van der Waals surface area contributed by atoms with E-state index in [-0.39, 0.29) is 62.6 Å². The summed E-state index contributed by atoms with van der Waals surface area (Å²) in [6.07, 6.45) is -2.09. The number of rotatable bonds is 7. The zero-order chi connectivity index (χ0) is 36.8. The molecule has 6 rings (SSSR count). The van der Waals surface area contributed by atoms with Crippen LogP contribution in [0.15, 0.2) is 42.7 Å². The predicted molar refractivity (Wildman–Crippen MR) is 177 cm³/mol. The minimum Gasteiger partial charge on any atom is -0.363 e. The maximum Gasteiger partial charge on any atom is 0.435 e. The molecule has 2 aliphatic rings. The van der Waals surface area contributed by atoms with Crippen molar-refractivity contribution in [3.05, 3.63) is 74.9 Å². The fraction of sp³-hybridized carbons (Fsp3) is 0.375. The maximum atomic E-state index is 14.4. The van der Waals surface area contributed by atoms with Crippen LogP contribution in [0.1, 0.15) is 39.5 Å². The van der Waals surface area contributed by atoms with Crippen molar-refractivity contribution in [1.29, 1.82) is 0 Å². The van der Waals surface area contributed by atoms with Crippen LogP contribution in [0, 0.1) is 16.0 Å². The van der Waals surface area contributed by atoms with Crippen LogP contribution < -0.4 is 5.73 Å². The number of hydrogen-bond donors (Lipinski definition) is 1. The van der Waals surface area contributed by atoms with Crippen LogP contribution in [-0.4, -0.2) is 108 Å². The molecule has 0 saturated carbocycles. The average molecular weight is 729 g/mol. The Balaban J connectivity index is 1.29. The van der Waals surface area contributed by atoms with Crippen LogP contribution in [0.5, 0.6) is 0 Å². The van der Waals surface area contributed by atoms with Gasteiger partial charge in [0.05, 0.1) is 32.5 Å². The highest BCUT2D eigenvalue weighted by atomic mass is 35.5. The first-order chi connectivity index (χ1) is 24.1. The Morgan fingerprint density at radius 1 is 1.00 bits per heavy atom. The Hall–Kier alpha value is -5.36. The number of nitro groups is 1. The molecule has 2 aliphatic heterocycles. The lowest BCUT2D eigenvalue weighted by molar-refractivity contribution is -0.385. The largest absolute Gasteiger partial charge is 0.435 e. The highest BCUT2D eigenvalue weighted by Crippen LogP contribution is 2.41. The number of carbonyl (C=O) groups excluding carboxylic acids is 3. The molecule has 51 heavy (non-hydrogen) atoms. The van der Waals surface area contributed by atoms with Gasteiger partial charge in [-0.2, -0.15) is 18.3 Å². The molecule has 0 radical (unpaired) electrons. The molecule has 2 N–H and O–H groups in total. The third-order valence-electron chi connectivity index (χ3n) is 9.15. The molecule has 0 spiro atoms. The second-order valence-corrected chi connectivity index (χ2v) is 12.8. The molecule has 0 aliphatic carbocycles. The van der Waals surface area contributed by atoms with Gasteiger partial charge in [-0.05, 0) is 38.1 Å². The minimum atomic E-state index is -4.99. The van der Waals surface area contributed by atoms with Crippen LogP contribution >= 0.6 is 11.6 Å². The number of pyridine rings is 1. The minimum absolute atomic E-state index is 0.00724. The molecule has 3 amide bonds. The number of nitrogens with two attached hydrogens (primary N) is 1. The highest BCUT2D eigenvalue weighted by molar-refractivity contribution is 6.34. The summed E-state index contributed by atoms with van der Waals surface area (Å²) in [7, 11) is 3.32. The van der Waals surface area contributed by atoms with Gasteiger partial charge >= 0.3 is 6.18 Å². The van der Waals surface area contributed by atoms with Crippen molar-refractivity contribution < 1.29 is 32.5 Å². The summed E-state index contributed by atoms with van der Waals surface area (Å²) in [5, 5.41) is 14.7. The fourth-order valence-electron chi connectivity index (χ4n) is 6.34. The molecule has 0 atom stereocenters. The van der Waals surface area contributed by atoms with Gasteiger partial charge in [0.15, 0.2) is 17.3 Å². The second kappa shape index (κ2) is 13.7. The third kappa shape index (κ3) is 7.01. The van der Waals surface area contributed by atoms with E-state index in [1.165, 1.54) is 25.2 Å². The second-order valence-electron chi connectivity index (χ2n) is 12.4. The van der Waals surface area contributed by atoms with Gasteiger partial charge in [-0.3, -0.25) is 24.5 Å². The van der Waals surface area contributed by atoms with Gasteiger partial charge < -0.3 is 25.0 Å². The molecule has 4 aromatic rings. The Bertz CT molecular complexity index is 2010. The zero-order valence-electron chi connectivity index (χ0n) is 27.4. The van der Waals surface area contributed by atoms with Gasteiger partial charge in [0.2, 0.25) is 5.91 Å².